The van der Waals surface area contributed by atoms with Crippen LogP contribution in [0.5, 0.6) is 11.5 Å². The van der Waals surface area contributed by atoms with Crippen LogP contribution in [0.1, 0.15) is 33.1 Å². The van der Waals surface area contributed by atoms with E-state index in [2.05, 4.69) is 11.1 Å². The zero-order valence-corrected chi connectivity index (χ0v) is 16.6. The van der Waals surface area contributed by atoms with Crippen molar-refractivity contribution in [1.82, 2.24) is 10.1 Å². The number of furan rings is 1. The van der Waals surface area contributed by atoms with E-state index in [4.69, 9.17) is 24.8 Å². The molecular formula is C22H22N2O5. The molecule has 7 nitrogen and oxygen atoms in total. The number of methoxy groups -OCH3 is 1. The zero-order valence-electron chi connectivity index (χ0n) is 16.6. The molecule has 2 heterocycles. The molecule has 150 valence electrons. The van der Waals surface area contributed by atoms with Crippen LogP contribution in [0, 0.1) is 26.2 Å². The van der Waals surface area contributed by atoms with Crippen LogP contribution < -0.4 is 9.47 Å². The average Bonchev–Trinajstić information content (AvgIpc) is 3.35. The van der Waals surface area contributed by atoms with Gasteiger partial charge in [0.2, 0.25) is 0 Å². The number of rotatable bonds is 8. The molecule has 1 aromatic carbocycles. The molecule has 0 bridgehead atoms. The van der Waals surface area contributed by atoms with Gasteiger partial charge >= 0.3 is 0 Å². The fourth-order valence-electron chi connectivity index (χ4n) is 2.86. The van der Waals surface area contributed by atoms with Gasteiger partial charge in [0.1, 0.15) is 18.1 Å². The number of hydrogen-bond acceptors (Lipinski definition) is 6. The van der Waals surface area contributed by atoms with Crippen molar-refractivity contribution in [2.45, 2.75) is 27.0 Å². The molecule has 0 saturated carbocycles. The Bertz CT molecular complexity index is 995. The summed E-state index contributed by atoms with van der Waals surface area (Å²) in [7, 11) is 1.52. The number of nitrogens with zero attached hydrogens (tertiary/aromatic N) is 2. The van der Waals surface area contributed by atoms with Gasteiger partial charge in [-0.2, -0.15) is 0 Å². The van der Waals surface area contributed by atoms with Gasteiger partial charge in [-0.15, -0.1) is 6.42 Å². The molecule has 0 aliphatic heterocycles. The Morgan fingerprint density at radius 1 is 1.28 bits per heavy atom. The Hall–Kier alpha value is -3.66. The van der Waals surface area contributed by atoms with Crippen LogP contribution >= 0.6 is 0 Å². The van der Waals surface area contributed by atoms with Crippen molar-refractivity contribution in [3.63, 3.8) is 0 Å². The first-order chi connectivity index (χ1) is 14.0. The van der Waals surface area contributed by atoms with Gasteiger partial charge in [0, 0.05) is 5.56 Å². The maximum absolute atomic E-state index is 12.9. The minimum absolute atomic E-state index is 0.159. The number of carbonyl (C=O) groups excluding carboxylic acids is 1. The molecular weight excluding hydrogens is 372 g/mol. The summed E-state index contributed by atoms with van der Waals surface area (Å²) in [5.74, 6) is 4.60. The Morgan fingerprint density at radius 2 is 2.10 bits per heavy atom. The average molecular weight is 394 g/mol. The van der Waals surface area contributed by atoms with Crippen LogP contribution in [0.3, 0.4) is 0 Å². The van der Waals surface area contributed by atoms with E-state index in [0.29, 0.717) is 28.6 Å². The van der Waals surface area contributed by atoms with Gasteiger partial charge in [0.25, 0.3) is 5.91 Å². The van der Waals surface area contributed by atoms with Crippen molar-refractivity contribution in [2.75, 3.05) is 13.7 Å². The van der Waals surface area contributed by atoms with Crippen LogP contribution in [0.4, 0.5) is 0 Å². The van der Waals surface area contributed by atoms with Crippen molar-refractivity contribution < 1.29 is 23.2 Å². The van der Waals surface area contributed by atoms with E-state index < -0.39 is 0 Å². The number of aryl methyl sites for hydroxylation is 2. The van der Waals surface area contributed by atoms with E-state index in [9.17, 15) is 4.79 Å². The zero-order chi connectivity index (χ0) is 20.8. The number of aromatic nitrogens is 1. The fourth-order valence-corrected chi connectivity index (χ4v) is 2.86. The molecule has 7 heteroatoms. The normalized spacial score (nSPS) is 10.4. The lowest BCUT2D eigenvalue weighted by molar-refractivity contribution is 0.0754. The van der Waals surface area contributed by atoms with E-state index in [0.717, 1.165) is 11.3 Å². The molecule has 0 aliphatic rings. The molecule has 2 aromatic heterocycles. The lowest BCUT2D eigenvalue weighted by atomic mass is 10.1. The summed E-state index contributed by atoms with van der Waals surface area (Å²) in [6.07, 6.45) is 6.99. The quantitative estimate of drug-likeness (QED) is 0.542. The standard InChI is InChI=1S/C22H22N2O5/c1-5-10-24(13-18-7-6-11-27-18)22(25)17-8-9-20(21(12-17)26-4)28-14-19-15(2)23-29-16(19)3/h1,6-9,11-12H,10,13-14H2,2-4H3. The molecule has 0 radical (unpaired) electrons. The lowest BCUT2D eigenvalue weighted by Gasteiger charge is -2.20. The van der Waals surface area contributed by atoms with E-state index in [-0.39, 0.29) is 25.6 Å². The predicted octanol–water partition coefficient (Wildman–Crippen LogP) is 3.75. The number of terminal acetylenes is 1. The van der Waals surface area contributed by atoms with Crippen LogP contribution in [-0.2, 0) is 13.2 Å². The third kappa shape index (κ3) is 4.61. The molecule has 0 aliphatic carbocycles. The van der Waals surface area contributed by atoms with Gasteiger partial charge in [0.05, 0.1) is 37.7 Å². The van der Waals surface area contributed by atoms with Crippen molar-refractivity contribution in [1.29, 1.82) is 0 Å². The second-order valence-corrected chi connectivity index (χ2v) is 6.40. The smallest absolute Gasteiger partial charge is 0.255 e. The van der Waals surface area contributed by atoms with E-state index in [1.54, 1.807) is 36.6 Å². The summed E-state index contributed by atoms with van der Waals surface area (Å²) < 4.78 is 21.8. The second-order valence-electron chi connectivity index (χ2n) is 6.40. The monoisotopic (exact) mass is 394 g/mol. The van der Waals surface area contributed by atoms with Crippen LogP contribution in [0.2, 0.25) is 0 Å². The van der Waals surface area contributed by atoms with Gasteiger partial charge < -0.3 is 23.3 Å². The van der Waals surface area contributed by atoms with Crippen molar-refractivity contribution in [3.8, 4) is 23.8 Å². The Balaban J connectivity index is 1.77. The van der Waals surface area contributed by atoms with E-state index in [1.807, 2.05) is 13.8 Å². The highest BCUT2D eigenvalue weighted by Crippen LogP contribution is 2.30. The minimum Gasteiger partial charge on any atom is -0.493 e. The summed E-state index contributed by atoms with van der Waals surface area (Å²) in [5.41, 5.74) is 2.09. The van der Waals surface area contributed by atoms with E-state index >= 15 is 0 Å². The van der Waals surface area contributed by atoms with Crippen LogP contribution in [0.15, 0.2) is 45.5 Å². The lowest BCUT2D eigenvalue weighted by Crippen LogP contribution is -2.30. The highest BCUT2D eigenvalue weighted by atomic mass is 16.5. The minimum atomic E-state index is -0.227. The summed E-state index contributed by atoms with van der Waals surface area (Å²) in [6, 6.07) is 8.58. The Kier molecular flexibility index (Phi) is 6.25. The van der Waals surface area contributed by atoms with Crippen molar-refractivity contribution in [3.05, 3.63) is 64.9 Å². The SMILES string of the molecule is C#CCN(Cc1ccco1)C(=O)c1ccc(OCc2c(C)noc2C)c(OC)c1. The van der Waals surface area contributed by atoms with Crippen LogP contribution in [-0.4, -0.2) is 29.6 Å². The van der Waals surface area contributed by atoms with Gasteiger partial charge in [0.15, 0.2) is 11.5 Å². The second kappa shape index (κ2) is 9.02. The number of hydrogen-bond donors (Lipinski definition) is 0. The van der Waals surface area contributed by atoms with E-state index in [1.165, 1.54) is 12.0 Å². The highest BCUT2D eigenvalue weighted by Gasteiger charge is 2.19. The molecule has 29 heavy (non-hydrogen) atoms. The molecule has 1 amide bonds. The van der Waals surface area contributed by atoms with Gasteiger partial charge in [-0.1, -0.05) is 11.1 Å². The molecule has 0 unspecified atom stereocenters. The van der Waals surface area contributed by atoms with Crippen molar-refractivity contribution >= 4 is 5.91 Å². The maximum atomic E-state index is 12.9. The third-order valence-electron chi connectivity index (χ3n) is 4.46. The largest absolute Gasteiger partial charge is 0.493 e. The number of amides is 1. The number of carbonyl (C=O) groups is 1. The number of benzene rings is 1. The Morgan fingerprint density at radius 3 is 2.72 bits per heavy atom. The highest BCUT2D eigenvalue weighted by molar-refractivity contribution is 5.95. The first kappa shape index (κ1) is 20.1. The fraction of sp³-hybridized carbons (Fsp3) is 0.273. The molecule has 0 atom stereocenters. The van der Waals surface area contributed by atoms with Gasteiger partial charge in [-0.05, 0) is 44.2 Å². The summed E-state index contributed by atoms with van der Waals surface area (Å²) >= 11 is 0. The van der Waals surface area contributed by atoms with Gasteiger partial charge in [-0.25, -0.2) is 0 Å². The number of ether oxygens (including phenoxy) is 2. The molecule has 0 N–H and O–H groups in total. The third-order valence-corrected chi connectivity index (χ3v) is 4.46. The Labute approximate surface area is 169 Å². The van der Waals surface area contributed by atoms with Crippen molar-refractivity contribution in [2.24, 2.45) is 0 Å². The van der Waals surface area contributed by atoms with Crippen LogP contribution in [0.25, 0.3) is 0 Å². The molecule has 3 rings (SSSR count). The molecule has 0 saturated heterocycles. The summed E-state index contributed by atoms with van der Waals surface area (Å²) in [5, 5.41) is 3.92. The molecule has 3 aromatic rings. The first-order valence-corrected chi connectivity index (χ1v) is 9.01. The molecule has 0 spiro atoms. The maximum Gasteiger partial charge on any atom is 0.255 e. The predicted molar refractivity (Wildman–Crippen MR) is 106 cm³/mol. The summed E-state index contributed by atoms with van der Waals surface area (Å²) in [4.78, 5) is 14.5. The van der Waals surface area contributed by atoms with Gasteiger partial charge in [-0.3, -0.25) is 4.79 Å². The first-order valence-electron chi connectivity index (χ1n) is 9.01. The summed E-state index contributed by atoms with van der Waals surface area (Å²) in [6.45, 7) is 4.41. The molecule has 0 fully saturated rings. The topological polar surface area (TPSA) is 77.9 Å².